The van der Waals surface area contributed by atoms with Gasteiger partial charge in [-0.15, -0.1) is 0 Å². The van der Waals surface area contributed by atoms with Gasteiger partial charge in [0, 0.05) is 13.2 Å². The van der Waals surface area contributed by atoms with Crippen molar-refractivity contribution in [2.24, 2.45) is 0 Å². The van der Waals surface area contributed by atoms with Gasteiger partial charge in [0.15, 0.2) is 0 Å². The summed E-state index contributed by atoms with van der Waals surface area (Å²) >= 11 is 5.70. The van der Waals surface area contributed by atoms with Crippen LogP contribution in [0.15, 0.2) is 12.3 Å². The second kappa shape index (κ2) is 6.51. The lowest BCUT2D eigenvalue weighted by Gasteiger charge is -2.12. The van der Waals surface area contributed by atoms with Gasteiger partial charge in [-0.3, -0.25) is 4.79 Å². The van der Waals surface area contributed by atoms with Crippen LogP contribution in [-0.2, 0) is 4.74 Å². The highest BCUT2D eigenvalue weighted by atomic mass is 35.5. The second-order valence-corrected chi connectivity index (χ2v) is 3.83. The zero-order valence-corrected chi connectivity index (χ0v) is 10.4. The molecule has 4 nitrogen and oxygen atoms in total. The lowest BCUT2D eigenvalue weighted by Crippen LogP contribution is -2.32. The molecule has 1 aromatic heterocycles. The normalized spacial score (nSPS) is 12.2. The van der Waals surface area contributed by atoms with Gasteiger partial charge in [-0.25, -0.2) is 9.37 Å². The number of nitrogens with zero attached hydrogens (tertiary/aromatic N) is 1. The molecule has 0 radical (unpaired) electrons. The van der Waals surface area contributed by atoms with Crippen LogP contribution in [0.4, 0.5) is 4.39 Å². The summed E-state index contributed by atoms with van der Waals surface area (Å²) in [6.45, 7) is 4.60. The molecule has 6 heteroatoms. The molecule has 1 N–H and O–H groups in total. The molecule has 0 aliphatic carbocycles. The SMILES string of the molecule is CCOC(C)CNC(=O)c1cc(F)cnc1Cl. The van der Waals surface area contributed by atoms with E-state index in [0.717, 1.165) is 12.3 Å². The fraction of sp³-hybridized carbons (Fsp3) is 0.455. The molecule has 94 valence electrons. The van der Waals surface area contributed by atoms with Gasteiger partial charge in [-0.1, -0.05) is 11.6 Å². The molecule has 1 amide bonds. The molecule has 17 heavy (non-hydrogen) atoms. The van der Waals surface area contributed by atoms with Crippen molar-refractivity contribution >= 4 is 17.5 Å². The van der Waals surface area contributed by atoms with Crippen LogP contribution in [0, 0.1) is 5.82 Å². The van der Waals surface area contributed by atoms with Crippen LogP contribution in [0.2, 0.25) is 5.15 Å². The number of pyridine rings is 1. The highest BCUT2D eigenvalue weighted by Gasteiger charge is 2.13. The van der Waals surface area contributed by atoms with E-state index < -0.39 is 11.7 Å². The van der Waals surface area contributed by atoms with E-state index in [-0.39, 0.29) is 16.8 Å². The molecular weight excluding hydrogens is 247 g/mol. The van der Waals surface area contributed by atoms with Crippen LogP contribution in [-0.4, -0.2) is 30.1 Å². The third-order valence-electron chi connectivity index (χ3n) is 2.05. The molecule has 0 fully saturated rings. The van der Waals surface area contributed by atoms with Crippen molar-refractivity contribution in [2.45, 2.75) is 20.0 Å². The first-order valence-corrected chi connectivity index (χ1v) is 5.63. The summed E-state index contributed by atoms with van der Waals surface area (Å²) in [5.74, 6) is -1.06. The van der Waals surface area contributed by atoms with Crippen LogP contribution in [0.1, 0.15) is 24.2 Å². The third kappa shape index (κ3) is 4.28. The zero-order valence-electron chi connectivity index (χ0n) is 9.67. The Morgan fingerprint density at radius 1 is 1.71 bits per heavy atom. The standard InChI is InChI=1S/C11H14ClFN2O2/c1-3-17-7(2)5-15-11(16)9-4-8(13)6-14-10(9)12/h4,6-7H,3,5H2,1-2H3,(H,15,16). The van der Waals surface area contributed by atoms with Gasteiger partial charge in [0.25, 0.3) is 5.91 Å². The van der Waals surface area contributed by atoms with Crippen molar-refractivity contribution in [1.29, 1.82) is 0 Å². The van der Waals surface area contributed by atoms with Crippen molar-refractivity contribution < 1.29 is 13.9 Å². The number of ether oxygens (including phenoxy) is 1. The number of hydrogen-bond acceptors (Lipinski definition) is 3. The summed E-state index contributed by atoms with van der Waals surface area (Å²) in [7, 11) is 0. The Morgan fingerprint density at radius 2 is 2.41 bits per heavy atom. The average molecular weight is 261 g/mol. The van der Waals surface area contributed by atoms with E-state index in [9.17, 15) is 9.18 Å². The van der Waals surface area contributed by atoms with Crippen LogP contribution in [0.25, 0.3) is 0 Å². The Balaban J connectivity index is 2.61. The van der Waals surface area contributed by atoms with E-state index in [1.807, 2.05) is 13.8 Å². The van der Waals surface area contributed by atoms with Crippen molar-refractivity contribution in [3.63, 3.8) is 0 Å². The summed E-state index contributed by atoms with van der Waals surface area (Å²) in [4.78, 5) is 15.2. The molecule has 1 atom stereocenters. The van der Waals surface area contributed by atoms with Crippen molar-refractivity contribution in [2.75, 3.05) is 13.2 Å². The smallest absolute Gasteiger partial charge is 0.254 e. The Bertz CT molecular complexity index is 401. The monoisotopic (exact) mass is 260 g/mol. The molecule has 0 aliphatic heterocycles. The van der Waals surface area contributed by atoms with E-state index in [1.54, 1.807) is 0 Å². The van der Waals surface area contributed by atoms with Gasteiger partial charge in [-0.05, 0) is 19.9 Å². The van der Waals surface area contributed by atoms with E-state index >= 15 is 0 Å². The number of aromatic nitrogens is 1. The minimum Gasteiger partial charge on any atom is -0.377 e. The molecule has 1 rings (SSSR count). The highest BCUT2D eigenvalue weighted by molar-refractivity contribution is 6.32. The van der Waals surface area contributed by atoms with E-state index in [4.69, 9.17) is 16.3 Å². The molecule has 0 aromatic carbocycles. The molecule has 1 unspecified atom stereocenters. The quantitative estimate of drug-likeness (QED) is 0.824. The van der Waals surface area contributed by atoms with Gasteiger partial charge < -0.3 is 10.1 Å². The first-order chi connectivity index (χ1) is 8.04. The third-order valence-corrected chi connectivity index (χ3v) is 2.35. The van der Waals surface area contributed by atoms with Gasteiger partial charge in [0.1, 0.15) is 11.0 Å². The maximum absolute atomic E-state index is 12.9. The lowest BCUT2D eigenvalue weighted by atomic mass is 10.2. The first kappa shape index (κ1) is 13.9. The highest BCUT2D eigenvalue weighted by Crippen LogP contribution is 2.13. The predicted molar refractivity (Wildman–Crippen MR) is 62.6 cm³/mol. The predicted octanol–water partition coefficient (Wildman–Crippen LogP) is 2.03. The fourth-order valence-electron chi connectivity index (χ4n) is 1.26. The molecule has 0 aliphatic rings. The minimum absolute atomic E-state index is 0.0204. The lowest BCUT2D eigenvalue weighted by molar-refractivity contribution is 0.0695. The number of halogens is 2. The fourth-order valence-corrected chi connectivity index (χ4v) is 1.45. The van der Waals surface area contributed by atoms with E-state index in [2.05, 4.69) is 10.3 Å². The molecule has 0 saturated heterocycles. The number of hydrogen-bond donors (Lipinski definition) is 1. The largest absolute Gasteiger partial charge is 0.377 e. The van der Waals surface area contributed by atoms with Gasteiger partial charge in [0.05, 0.1) is 17.9 Å². The Labute approximate surface area is 104 Å². The van der Waals surface area contributed by atoms with Crippen molar-refractivity contribution in [3.8, 4) is 0 Å². The van der Waals surface area contributed by atoms with E-state index in [0.29, 0.717) is 13.2 Å². The van der Waals surface area contributed by atoms with Gasteiger partial charge in [0.2, 0.25) is 0 Å². The Kier molecular flexibility index (Phi) is 5.31. The minimum atomic E-state index is -0.600. The van der Waals surface area contributed by atoms with Crippen molar-refractivity contribution in [3.05, 3.63) is 28.8 Å². The number of rotatable bonds is 5. The van der Waals surface area contributed by atoms with Crippen LogP contribution >= 0.6 is 11.6 Å². The summed E-state index contributed by atoms with van der Waals surface area (Å²) in [6, 6.07) is 1.05. The molecule has 0 spiro atoms. The number of carbonyl (C=O) groups excluding carboxylic acids is 1. The molecule has 0 bridgehead atoms. The molecular formula is C11H14ClFN2O2. The molecule has 1 heterocycles. The molecule has 1 aromatic rings. The van der Waals surface area contributed by atoms with Crippen LogP contribution in [0.3, 0.4) is 0 Å². The summed E-state index contributed by atoms with van der Waals surface area (Å²) in [6.07, 6.45) is 0.853. The summed E-state index contributed by atoms with van der Waals surface area (Å²) in [5, 5.41) is 2.58. The topological polar surface area (TPSA) is 51.2 Å². The van der Waals surface area contributed by atoms with Crippen molar-refractivity contribution in [1.82, 2.24) is 10.3 Å². The van der Waals surface area contributed by atoms with E-state index in [1.165, 1.54) is 0 Å². The maximum atomic E-state index is 12.9. The molecule has 0 saturated carbocycles. The summed E-state index contributed by atoms with van der Waals surface area (Å²) in [5.41, 5.74) is 0.0235. The maximum Gasteiger partial charge on any atom is 0.254 e. The number of carbonyl (C=O) groups is 1. The average Bonchev–Trinajstić information content (AvgIpc) is 2.29. The number of nitrogens with one attached hydrogen (secondary N) is 1. The number of amides is 1. The van der Waals surface area contributed by atoms with Gasteiger partial charge in [-0.2, -0.15) is 0 Å². The summed E-state index contributed by atoms with van der Waals surface area (Å²) < 4.78 is 18.1. The zero-order chi connectivity index (χ0) is 12.8. The van der Waals surface area contributed by atoms with Crippen LogP contribution in [0.5, 0.6) is 0 Å². The Hall–Kier alpha value is -1.20. The van der Waals surface area contributed by atoms with Gasteiger partial charge >= 0.3 is 0 Å². The second-order valence-electron chi connectivity index (χ2n) is 3.47. The van der Waals surface area contributed by atoms with Crippen LogP contribution < -0.4 is 5.32 Å². The first-order valence-electron chi connectivity index (χ1n) is 5.25. The Morgan fingerprint density at radius 3 is 3.06 bits per heavy atom.